The molecule has 3 N–H and O–H groups in total. The Hall–Kier alpha value is -1.77. The van der Waals surface area contributed by atoms with E-state index in [4.69, 9.17) is 10.3 Å². The van der Waals surface area contributed by atoms with Crippen molar-refractivity contribution in [1.29, 1.82) is 0 Å². The van der Waals surface area contributed by atoms with Gasteiger partial charge >= 0.3 is 0 Å². The highest BCUT2D eigenvalue weighted by atomic mass is 32.2. The maximum atomic E-state index is 12.0. The Labute approximate surface area is 129 Å². The van der Waals surface area contributed by atoms with Crippen LogP contribution in [0.2, 0.25) is 0 Å². The van der Waals surface area contributed by atoms with E-state index in [1.807, 2.05) is 0 Å². The first kappa shape index (κ1) is 15.1. The van der Waals surface area contributed by atoms with Crippen molar-refractivity contribution in [2.24, 2.45) is 5.73 Å². The second-order valence-corrected chi connectivity index (χ2v) is 7.23. The molecule has 1 saturated carbocycles. The monoisotopic (exact) mass is 322 g/mol. The summed E-state index contributed by atoms with van der Waals surface area (Å²) >= 11 is 0. The van der Waals surface area contributed by atoms with Crippen molar-refractivity contribution in [1.82, 2.24) is 14.9 Å². The molecule has 1 aliphatic rings. The van der Waals surface area contributed by atoms with Gasteiger partial charge in [-0.25, -0.2) is 13.1 Å². The first-order chi connectivity index (χ1) is 10.4. The fourth-order valence-corrected chi connectivity index (χ4v) is 3.48. The number of sulfonamides is 1. The van der Waals surface area contributed by atoms with E-state index in [9.17, 15) is 8.42 Å². The van der Waals surface area contributed by atoms with Crippen molar-refractivity contribution < 1.29 is 12.9 Å². The van der Waals surface area contributed by atoms with E-state index in [1.54, 1.807) is 19.1 Å². The molecule has 0 unspecified atom stereocenters. The predicted molar refractivity (Wildman–Crippen MR) is 80.3 cm³/mol. The quantitative estimate of drug-likeness (QED) is 0.860. The molecule has 1 aromatic heterocycles. The van der Waals surface area contributed by atoms with Crippen LogP contribution in [0.15, 0.2) is 33.7 Å². The molecule has 22 heavy (non-hydrogen) atoms. The molecule has 0 atom stereocenters. The standard InChI is InChI=1S/C14H18N4O3S/c1-2-16-22(19,20)11-6-3-5-10(9-11)12-17-13(18-21-12)14(15)7-4-8-14/h3,5-6,9,16H,2,4,7-8,15H2,1H3. The molecule has 1 heterocycles. The van der Waals surface area contributed by atoms with Crippen LogP contribution < -0.4 is 10.5 Å². The van der Waals surface area contributed by atoms with Gasteiger partial charge in [0.15, 0.2) is 5.82 Å². The average molecular weight is 322 g/mol. The van der Waals surface area contributed by atoms with Crippen LogP contribution in [0.4, 0.5) is 0 Å². The van der Waals surface area contributed by atoms with Crippen LogP contribution in [0, 0.1) is 0 Å². The third-order valence-corrected chi connectivity index (χ3v) is 5.39. The summed E-state index contributed by atoms with van der Waals surface area (Å²) in [5.41, 5.74) is 6.21. The molecule has 8 heteroatoms. The Balaban J connectivity index is 1.93. The Morgan fingerprint density at radius 2 is 2.18 bits per heavy atom. The molecule has 0 amide bonds. The van der Waals surface area contributed by atoms with Gasteiger partial charge in [0.05, 0.1) is 10.4 Å². The highest BCUT2D eigenvalue weighted by Gasteiger charge is 2.39. The van der Waals surface area contributed by atoms with E-state index in [0.29, 0.717) is 17.9 Å². The van der Waals surface area contributed by atoms with Gasteiger partial charge in [-0.1, -0.05) is 18.1 Å². The average Bonchev–Trinajstić information content (AvgIpc) is 2.95. The predicted octanol–water partition coefficient (Wildman–Crippen LogP) is 1.37. The number of nitrogens with zero attached hydrogens (tertiary/aromatic N) is 2. The minimum atomic E-state index is -3.52. The first-order valence-electron chi connectivity index (χ1n) is 7.18. The van der Waals surface area contributed by atoms with E-state index in [-0.39, 0.29) is 10.8 Å². The Morgan fingerprint density at radius 3 is 2.82 bits per heavy atom. The number of nitrogens with two attached hydrogens (primary N) is 1. The third kappa shape index (κ3) is 2.65. The van der Waals surface area contributed by atoms with Crippen LogP contribution >= 0.6 is 0 Å². The van der Waals surface area contributed by atoms with Crippen LogP contribution in [0.25, 0.3) is 11.5 Å². The van der Waals surface area contributed by atoms with Gasteiger partial charge in [0.25, 0.3) is 5.89 Å². The molecular formula is C14H18N4O3S. The van der Waals surface area contributed by atoms with Gasteiger partial charge in [0, 0.05) is 12.1 Å². The van der Waals surface area contributed by atoms with E-state index in [2.05, 4.69) is 14.9 Å². The summed E-state index contributed by atoms with van der Waals surface area (Å²) in [6, 6.07) is 6.41. The van der Waals surface area contributed by atoms with Crippen molar-refractivity contribution in [3.8, 4) is 11.5 Å². The van der Waals surface area contributed by atoms with Crippen molar-refractivity contribution in [3.05, 3.63) is 30.1 Å². The van der Waals surface area contributed by atoms with Crippen LogP contribution in [0.1, 0.15) is 32.0 Å². The summed E-state index contributed by atoms with van der Waals surface area (Å²) in [6.45, 7) is 2.05. The lowest BCUT2D eigenvalue weighted by Gasteiger charge is -2.34. The van der Waals surface area contributed by atoms with Crippen LogP contribution in [-0.2, 0) is 15.6 Å². The summed E-state index contributed by atoms with van der Waals surface area (Å²) in [5, 5.41) is 3.94. The lowest BCUT2D eigenvalue weighted by molar-refractivity contribution is 0.229. The molecule has 1 aliphatic carbocycles. The van der Waals surface area contributed by atoms with Crippen molar-refractivity contribution in [2.75, 3.05) is 6.54 Å². The molecular weight excluding hydrogens is 304 g/mol. The molecule has 0 bridgehead atoms. The number of benzene rings is 1. The Morgan fingerprint density at radius 1 is 1.41 bits per heavy atom. The second-order valence-electron chi connectivity index (χ2n) is 5.46. The Bertz CT molecular complexity index is 781. The minimum Gasteiger partial charge on any atom is -0.334 e. The Kier molecular flexibility index (Phi) is 3.75. The summed E-state index contributed by atoms with van der Waals surface area (Å²) in [7, 11) is -3.52. The van der Waals surface area contributed by atoms with Crippen molar-refractivity contribution in [3.63, 3.8) is 0 Å². The first-order valence-corrected chi connectivity index (χ1v) is 8.66. The summed E-state index contributed by atoms with van der Waals surface area (Å²) in [5.74, 6) is 0.758. The molecule has 3 rings (SSSR count). The maximum absolute atomic E-state index is 12.0. The van der Waals surface area contributed by atoms with Gasteiger partial charge in [-0.15, -0.1) is 0 Å². The fourth-order valence-electron chi connectivity index (χ4n) is 2.39. The van der Waals surface area contributed by atoms with E-state index in [1.165, 1.54) is 12.1 Å². The lowest BCUT2D eigenvalue weighted by atomic mass is 9.77. The van der Waals surface area contributed by atoms with Crippen molar-refractivity contribution in [2.45, 2.75) is 36.6 Å². The SMILES string of the molecule is CCNS(=O)(=O)c1cccc(-c2nc(C3(N)CCC3)no2)c1. The van der Waals surface area contributed by atoms with Gasteiger partial charge in [0.1, 0.15) is 0 Å². The maximum Gasteiger partial charge on any atom is 0.258 e. The number of nitrogens with one attached hydrogen (secondary N) is 1. The van der Waals surface area contributed by atoms with Gasteiger partial charge in [0.2, 0.25) is 10.0 Å². The molecule has 7 nitrogen and oxygen atoms in total. The molecule has 0 aliphatic heterocycles. The van der Waals surface area contributed by atoms with Crippen LogP contribution in [0.3, 0.4) is 0 Å². The molecule has 0 saturated heterocycles. The lowest BCUT2D eigenvalue weighted by Crippen LogP contribution is -2.44. The highest BCUT2D eigenvalue weighted by Crippen LogP contribution is 2.37. The number of rotatable bonds is 5. The zero-order valence-corrected chi connectivity index (χ0v) is 13.1. The van der Waals surface area contributed by atoms with Gasteiger partial charge in [-0.3, -0.25) is 0 Å². The van der Waals surface area contributed by atoms with E-state index in [0.717, 1.165) is 19.3 Å². The van der Waals surface area contributed by atoms with Gasteiger partial charge < -0.3 is 10.3 Å². The summed E-state index contributed by atoms with van der Waals surface area (Å²) < 4.78 is 31.8. The smallest absolute Gasteiger partial charge is 0.258 e. The van der Waals surface area contributed by atoms with Gasteiger partial charge in [-0.05, 0) is 37.5 Å². The highest BCUT2D eigenvalue weighted by molar-refractivity contribution is 7.89. The zero-order chi connectivity index (χ0) is 15.8. The van der Waals surface area contributed by atoms with E-state index < -0.39 is 15.6 Å². The fraction of sp³-hybridized carbons (Fsp3) is 0.429. The summed E-state index contributed by atoms with van der Waals surface area (Å²) in [4.78, 5) is 4.49. The van der Waals surface area contributed by atoms with E-state index >= 15 is 0 Å². The molecule has 2 aromatic rings. The number of hydrogen-bond acceptors (Lipinski definition) is 6. The molecule has 1 aromatic carbocycles. The van der Waals surface area contributed by atoms with Crippen LogP contribution in [-0.4, -0.2) is 25.1 Å². The molecule has 1 fully saturated rings. The number of hydrogen-bond donors (Lipinski definition) is 2. The third-order valence-electron chi connectivity index (χ3n) is 3.84. The normalized spacial score (nSPS) is 17.2. The summed E-state index contributed by atoms with van der Waals surface area (Å²) in [6.07, 6.45) is 2.72. The molecule has 0 radical (unpaired) electrons. The van der Waals surface area contributed by atoms with Gasteiger partial charge in [-0.2, -0.15) is 4.98 Å². The minimum absolute atomic E-state index is 0.165. The molecule has 0 spiro atoms. The second kappa shape index (κ2) is 5.45. The van der Waals surface area contributed by atoms with Crippen LogP contribution in [0.5, 0.6) is 0 Å². The number of aromatic nitrogens is 2. The largest absolute Gasteiger partial charge is 0.334 e. The van der Waals surface area contributed by atoms with Crippen molar-refractivity contribution >= 4 is 10.0 Å². The molecule has 118 valence electrons. The topological polar surface area (TPSA) is 111 Å². The zero-order valence-electron chi connectivity index (χ0n) is 12.2.